The number of ether oxygens (including phenoxy) is 2. The van der Waals surface area contributed by atoms with Gasteiger partial charge in [-0.15, -0.1) is 0 Å². The second-order valence-electron chi connectivity index (χ2n) is 7.30. The molecule has 0 aliphatic carbocycles. The number of nitrogens with zero attached hydrogens (tertiary/aromatic N) is 1. The van der Waals surface area contributed by atoms with Gasteiger partial charge in [0.25, 0.3) is 5.91 Å². The number of benzene rings is 1. The van der Waals surface area contributed by atoms with Gasteiger partial charge in [-0.25, -0.2) is 0 Å². The Kier molecular flexibility index (Phi) is 4.99. The second-order valence-corrected chi connectivity index (χ2v) is 7.30. The zero-order valence-corrected chi connectivity index (χ0v) is 15.1. The molecule has 25 heavy (non-hydrogen) atoms. The van der Waals surface area contributed by atoms with Crippen LogP contribution in [0.3, 0.4) is 0 Å². The number of anilines is 2. The van der Waals surface area contributed by atoms with E-state index >= 15 is 0 Å². The summed E-state index contributed by atoms with van der Waals surface area (Å²) in [4.78, 5) is 26.9. The van der Waals surface area contributed by atoms with Crippen molar-refractivity contribution in [1.82, 2.24) is 0 Å². The van der Waals surface area contributed by atoms with Crippen molar-refractivity contribution in [2.24, 2.45) is 5.41 Å². The average molecular weight is 346 g/mol. The molecule has 1 aromatic rings. The van der Waals surface area contributed by atoms with E-state index in [0.717, 1.165) is 19.3 Å². The third kappa shape index (κ3) is 3.63. The summed E-state index contributed by atoms with van der Waals surface area (Å²) >= 11 is 0. The minimum Gasteiger partial charge on any atom is -0.490 e. The molecule has 1 saturated heterocycles. The van der Waals surface area contributed by atoms with Gasteiger partial charge in [0.05, 0.1) is 11.1 Å². The quantitative estimate of drug-likeness (QED) is 0.910. The van der Waals surface area contributed by atoms with E-state index in [2.05, 4.69) is 5.32 Å². The van der Waals surface area contributed by atoms with Gasteiger partial charge in [-0.3, -0.25) is 9.59 Å². The van der Waals surface area contributed by atoms with Crippen molar-refractivity contribution < 1.29 is 19.1 Å². The molecule has 0 radical (unpaired) electrons. The van der Waals surface area contributed by atoms with Crippen molar-refractivity contribution in [2.45, 2.75) is 46.1 Å². The van der Waals surface area contributed by atoms with E-state index in [1.54, 1.807) is 11.0 Å². The number of fused-ring (bicyclic) bond motifs is 1. The van der Waals surface area contributed by atoms with Crippen molar-refractivity contribution in [3.8, 4) is 5.75 Å². The summed E-state index contributed by atoms with van der Waals surface area (Å²) in [5.74, 6) is 0.568. The lowest BCUT2D eigenvalue weighted by atomic mass is 9.93. The van der Waals surface area contributed by atoms with Crippen molar-refractivity contribution in [2.75, 3.05) is 30.0 Å². The highest BCUT2D eigenvalue weighted by atomic mass is 16.5. The van der Waals surface area contributed by atoms with Crippen LogP contribution >= 0.6 is 0 Å². The van der Waals surface area contributed by atoms with Crippen LogP contribution in [0.15, 0.2) is 18.2 Å². The Morgan fingerprint density at radius 2 is 2.20 bits per heavy atom. The molecule has 0 saturated carbocycles. The number of hydrogen-bond donors (Lipinski definition) is 1. The number of nitrogens with one attached hydrogen (secondary N) is 1. The Hall–Kier alpha value is -2.08. The van der Waals surface area contributed by atoms with Crippen LogP contribution in [-0.4, -0.2) is 37.7 Å². The van der Waals surface area contributed by atoms with E-state index < -0.39 is 5.41 Å². The first kappa shape index (κ1) is 17.7. The van der Waals surface area contributed by atoms with Crippen LogP contribution in [0, 0.1) is 5.41 Å². The highest BCUT2D eigenvalue weighted by molar-refractivity contribution is 6.01. The Labute approximate surface area is 148 Å². The van der Waals surface area contributed by atoms with Gasteiger partial charge in [0.15, 0.2) is 0 Å². The maximum atomic E-state index is 12.9. The number of carbonyl (C=O) groups excluding carboxylic acids is 2. The molecule has 2 amide bonds. The van der Waals surface area contributed by atoms with Crippen molar-refractivity contribution >= 4 is 23.2 Å². The number of amides is 2. The molecule has 3 rings (SSSR count). The average Bonchev–Trinajstić information content (AvgIpc) is 3.10. The summed E-state index contributed by atoms with van der Waals surface area (Å²) in [5.41, 5.74) is 0.772. The topological polar surface area (TPSA) is 67.9 Å². The summed E-state index contributed by atoms with van der Waals surface area (Å²) in [6, 6.07) is 5.44. The lowest BCUT2D eigenvalue weighted by Gasteiger charge is -2.28. The maximum absolute atomic E-state index is 12.9. The maximum Gasteiger partial charge on any atom is 0.253 e. The Morgan fingerprint density at radius 3 is 2.88 bits per heavy atom. The largest absolute Gasteiger partial charge is 0.490 e. The molecule has 1 aromatic carbocycles. The lowest BCUT2D eigenvalue weighted by molar-refractivity contribution is -0.127. The summed E-state index contributed by atoms with van der Waals surface area (Å²) < 4.78 is 11.3. The fourth-order valence-electron chi connectivity index (χ4n) is 3.18. The smallest absolute Gasteiger partial charge is 0.253 e. The van der Waals surface area contributed by atoms with Gasteiger partial charge in [0.2, 0.25) is 5.91 Å². The van der Waals surface area contributed by atoms with Crippen molar-refractivity contribution in [1.29, 1.82) is 0 Å². The van der Waals surface area contributed by atoms with Crippen molar-refractivity contribution in [3.05, 3.63) is 18.2 Å². The first-order valence-electron chi connectivity index (χ1n) is 8.93. The number of hydrogen-bond acceptors (Lipinski definition) is 4. The fraction of sp³-hybridized carbons (Fsp3) is 0.579. The predicted molar refractivity (Wildman–Crippen MR) is 96.0 cm³/mol. The molecule has 0 bridgehead atoms. The third-order valence-corrected chi connectivity index (χ3v) is 4.60. The van der Waals surface area contributed by atoms with Crippen LogP contribution < -0.4 is 15.0 Å². The first-order valence-corrected chi connectivity index (χ1v) is 8.93. The summed E-state index contributed by atoms with van der Waals surface area (Å²) in [5, 5.41) is 2.90. The standard InChI is InChI=1S/C19H26N2O4/c1-4-9-21-14-11-13(20-17(22)16-6-5-10-24-16)7-8-15(14)25-12-19(2,3)18(21)23/h7-8,11,16H,4-6,9-10,12H2,1-3H3,(H,20,22)/t16-/m0/s1. The number of rotatable bonds is 4. The first-order chi connectivity index (χ1) is 11.9. The SMILES string of the molecule is CCCN1C(=O)C(C)(C)COc2ccc(NC(=O)[C@@H]3CCCO3)cc21. The summed E-state index contributed by atoms with van der Waals surface area (Å²) in [7, 11) is 0. The molecule has 136 valence electrons. The molecule has 2 heterocycles. The van der Waals surface area contributed by atoms with E-state index in [-0.39, 0.29) is 17.9 Å². The monoisotopic (exact) mass is 346 g/mol. The highest BCUT2D eigenvalue weighted by Crippen LogP contribution is 2.38. The van der Waals surface area contributed by atoms with Crippen LogP contribution in [-0.2, 0) is 14.3 Å². The molecule has 1 N–H and O–H groups in total. The van der Waals surface area contributed by atoms with Gasteiger partial charge in [0, 0.05) is 18.8 Å². The molecular weight excluding hydrogens is 320 g/mol. The minimum atomic E-state index is -0.588. The Bertz CT molecular complexity index is 665. The molecule has 2 aliphatic rings. The molecule has 6 nitrogen and oxygen atoms in total. The lowest BCUT2D eigenvalue weighted by Crippen LogP contribution is -2.42. The molecule has 1 fully saturated rings. The van der Waals surface area contributed by atoms with Gasteiger partial charge < -0.3 is 19.7 Å². The van der Waals surface area contributed by atoms with E-state index in [1.165, 1.54) is 0 Å². The van der Waals surface area contributed by atoms with Crippen LogP contribution in [0.2, 0.25) is 0 Å². The van der Waals surface area contributed by atoms with E-state index in [0.29, 0.717) is 36.9 Å². The van der Waals surface area contributed by atoms with Gasteiger partial charge >= 0.3 is 0 Å². The molecule has 0 unspecified atom stereocenters. The van der Waals surface area contributed by atoms with Gasteiger partial charge in [-0.2, -0.15) is 0 Å². The number of carbonyl (C=O) groups is 2. The fourth-order valence-corrected chi connectivity index (χ4v) is 3.18. The highest BCUT2D eigenvalue weighted by Gasteiger charge is 2.37. The van der Waals surface area contributed by atoms with Crippen LogP contribution in [0.1, 0.15) is 40.0 Å². The van der Waals surface area contributed by atoms with Crippen LogP contribution in [0.4, 0.5) is 11.4 Å². The Balaban J connectivity index is 1.87. The van der Waals surface area contributed by atoms with Gasteiger partial charge in [-0.05, 0) is 51.3 Å². The molecular formula is C19H26N2O4. The predicted octanol–water partition coefficient (Wildman–Crippen LogP) is 2.97. The molecule has 0 spiro atoms. The van der Waals surface area contributed by atoms with Crippen molar-refractivity contribution in [3.63, 3.8) is 0 Å². The minimum absolute atomic E-state index is 0.0377. The van der Waals surface area contributed by atoms with Gasteiger partial charge in [-0.1, -0.05) is 6.92 Å². The summed E-state index contributed by atoms with van der Waals surface area (Å²) in [6.07, 6.45) is 2.11. The zero-order chi connectivity index (χ0) is 18.0. The normalized spacial score (nSPS) is 22.1. The van der Waals surface area contributed by atoms with E-state index in [9.17, 15) is 9.59 Å². The molecule has 2 aliphatic heterocycles. The third-order valence-electron chi connectivity index (χ3n) is 4.60. The second kappa shape index (κ2) is 7.04. The van der Waals surface area contributed by atoms with E-state index in [4.69, 9.17) is 9.47 Å². The zero-order valence-electron chi connectivity index (χ0n) is 15.1. The molecule has 0 aromatic heterocycles. The van der Waals surface area contributed by atoms with Gasteiger partial charge in [0.1, 0.15) is 18.5 Å². The Morgan fingerprint density at radius 1 is 1.40 bits per heavy atom. The van der Waals surface area contributed by atoms with Crippen LogP contribution in [0.25, 0.3) is 0 Å². The van der Waals surface area contributed by atoms with Crippen LogP contribution in [0.5, 0.6) is 5.75 Å². The molecule has 1 atom stereocenters. The van der Waals surface area contributed by atoms with E-state index in [1.807, 2.05) is 32.9 Å². The summed E-state index contributed by atoms with van der Waals surface area (Å²) in [6.45, 7) is 7.40. The molecule has 6 heteroatoms.